The van der Waals surface area contributed by atoms with Crippen LogP contribution < -0.4 is 5.32 Å². The Bertz CT molecular complexity index is 411. The smallest absolute Gasteiger partial charge is 0.317 e. The minimum atomic E-state index is -0.00578. The number of H-pyrrole nitrogens is 1. The molecule has 0 unspecified atom stereocenters. The molecule has 1 aromatic rings. The lowest BCUT2D eigenvalue weighted by Gasteiger charge is -2.20. The highest BCUT2D eigenvalue weighted by atomic mass is 16.2. The lowest BCUT2D eigenvalue weighted by molar-refractivity contribution is 0.198. The van der Waals surface area contributed by atoms with E-state index in [1.54, 1.807) is 7.05 Å². The Balaban J connectivity index is 2.28. The highest BCUT2D eigenvalue weighted by Gasteiger charge is 2.23. The highest BCUT2D eigenvalue weighted by molar-refractivity contribution is 5.74. The molecular weight excluding hydrogens is 216 g/mol. The largest absolute Gasteiger partial charge is 0.341 e. The van der Waals surface area contributed by atoms with Crippen LogP contribution in [0.1, 0.15) is 43.1 Å². The predicted octanol–water partition coefficient (Wildman–Crippen LogP) is 1.62. The molecule has 2 N–H and O–H groups in total. The van der Waals surface area contributed by atoms with E-state index >= 15 is 0 Å². The van der Waals surface area contributed by atoms with E-state index in [4.69, 9.17) is 0 Å². The zero-order chi connectivity index (χ0) is 12.4. The van der Waals surface area contributed by atoms with Crippen LogP contribution in [0.25, 0.3) is 0 Å². The number of nitrogens with one attached hydrogen (secondary N) is 2. The molecule has 2 amide bonds. The van der Waals surface area contributed by atoms with Crippen molar-refractivity contribution in [3.05, 3.63) is 17.0 Å². The second-order valence-electron chi connectivity index (χ2n) is 4.80. The molecule has 17 heavy (non-hydrogen) atoms. The molecule has 94 valence electrons. The maximum atomic E-state index is 11.7. The standard InChI is InChI=1S/C12H20N4O/c1-8(2)11-9-7-16(12(17)13-3)6-4-5-10(9)14-15-11/h8H,4-7H2,1-3H3,(H,13,17)(H,14,15). The molecule has 2 rings (SSSR count). The average molecular weight is 236 g/mol. The molecule has 0 aliphatic carbocycles. The Morgan fingerprint density at radius 2 is 2.29 bits per heavy atom. The van der Waals surface area contributed by atoms with Crippen LogP contribution in [-0.2, 0) is 13.0 Å². The van der Waals surface area contributed by atoms with Crippen LogP contribution in [-0.4, -0.2) is 34.7 Å². The van der Waals surface area contributed by atoms with Gasteiger partial charge in [-0.3, -0.25) is 5.10 Å². The van der Waals surface area contributed by atoms with Crippen molar-refractivity contribution < 1.29 is 4.79 Å². The Kier molecular flexibility index (Phi) is 3.36. The van der Waals surface area contributed by atoms with Crippen LogP contribution >= 0.6 is 0 Å². The molecule has 0 aromatic carbocycles. The van der Waals surface area contributed by atoms with Crippen molar-refractivity contribution in [2.75, 3.05) is 13.6 Å². The number of aromatic nitrogens is 2. The van der Waals surface area contributed by atoms with Crippen molar-refractivity contribution in [2.45, 2.75) is 39.2 Å². The van der Waals surface area contributed by atoms with Gasteiger partial charge in [0.15, 0.2) is 0 Å². The second kappa shape index (κ2) is 4.77. The lowest BCUT2D eigenvalue weighted by Crippen LogP contribution is -2.37. The van der Waals surface area contributed by atoms with Crippen molar-refractivity contribution >= 4 is 6.03 Å². The first kappa shape index (κ1) is 12.0. The third-order valence-corrected chi connectivity index (χ3v) is 3.24. The summed E-state index contributed by atoms with van der Waals surface area (Å²) in [5.74, 6) is 0.389. The molecule has 0 spiro atoms. The van der Waals surface area contributed by atoms with Crippen molar-refractivity contribution in [2.24, 2.45) is 0 Å². The summed E-state index contributed by atoms with van der Waals surface area (Å²) >= 11 is 0. The number of carbonyl (C=O) groups is 1. The number of hydrogen-bond donors (Lipinski definition) is 2. The number of fused-ring (bicyclic) bond motifs is 1. The number of urea groups is 1. The lowest BCUT2D eigenvalue weighted by atomic mass is 10.0. The number of carbonyl (C=O) groups excluding carboxylic acids is 1. The summed E-state index contributed by atoms with van der Waals surface area (Å²) in [4.78, 5) is 13.6. The van der Waals surface area contributed by atoms with E-state index in [0.717, 1.165) is 25.1 Å². The summed E-state index contributed by atoms with van der Waals surface area (Å²) in [5, 5.41) is 10.2. The molecule has 0 saturated carbocycles. The van der Waals surface area contributed by atoms with Crippen LogP contribution in [0.4, 0.5) is 4.79 Å². The average Bonchev–Trinajstić information content (AvgIpc) is 2.59. The van der Waals surface area contributed by atoms with Crippen molar-refractivity contribution in [3.63, 3.8) is 0 Å². The first-order valence-electron chi connectivity index (χ1n) is 6.16. The van der Waals surface area contributed by atoms with E-state index in [2.05, 4.69) is 29.4 Å². The molecule has 0 bridgehead atoms. The number of hydrogen-bond acceptors (Lipinski definition) is 2. The molecule has 5 heteroatoms. The molecular formula is C12H20N4O. The third kappa shape index (κ3) is 2.28. The number of nitrogens with zero attached hydrogens (tertiary/aromatic N) is 2. The Hall–Kier alpha value is -1.52. The molecule has 5 nitrogen and oxygen atoms in total. The fraction of sp³-hybridized carbons (Fsp3) is 0.667. The predicted molar refractivity (Wildman–Crippen MR) is 65.9 cm³/mol. The monoisotopic (exact) mass is 236 g/mol. The van der Waals surface area contributed by atoms with E-state index in [-0.39, 0.29) is 6.03 Å². The van der Waals surface area contributed by atoms with Crippen LogP contribution in [0.15, 0.2) is 0 Å². The third-order valence-electron chi connectivity index (χ3n) is 3.24. The highest BCUT2D eigenvalue weighted by Crippen LogP contribution is 2.24. The first-order valence-corrected chi connectivity index (χ1v) is 6.16. The first-order chi connectivity index (χ1) is 8.13. The van der Waals surface area contributed by atoms with Crippen LogP contribution in [0.2, 0.25) is 0 Å². The number of aromatic amines is 1. The number of rotatable bonds is 1. The summed E-state index contributed by atoms with van der Waals surface area (Å²) in [6.07, 6.45) is 1.96. The van der Waals surface area contributed by atoms with E-state index in [0.29, 0.717) is 12.5 Å². The zero-order valence-electron chi connectivity index (χ0n) is 10.7. The minimum absolute atomic E-state index is 0.00578. The summed E-state index contributed by atoms with van der Waals surface area (Å²) in [6.45, 7) is 5.73. The van der Waals surface area contributed by atoms with Gasteiger partial charge in [-0.05, 0) is 18.8 Å². The van der Waals surface area contributed by atoms with Crippen molar-refractivity contribution in [3.8, 4) is 0 Å². The fourth-order valence-electron chi connectivity index (χ4n) is 2.33. The van der Waals surface area contributed by atoms with Gasteiger partial charge in [0, 0.05) is 24.8 Å². The minimum Gasteiger partial charge on any atom is -0.341 e. The normalized spacial score (nSPS) is 15.6. The SMILES string of the molecule is CNC(=O)N1CCCc2[nH]nc(C(C)C)c2C1. The summed E-state index contributed by atoms with van der Waals surface area (Å²) in [7, 11) is 1.67. The number of amides is 2. The van der Waals surface area contributed by atoms with Gasteiger partial charge >= 0.3 is 6.03 Å². The Labute approximate surface area is 102 Å². The van der Waals surface area contributed by atoms with Crippen molar-refractivity contribution in [1.82, 2.24) is 20.4 Å². The molecule has 1 aliphatic rings. The summed E-state index contributed by atoms with van der Waals surface area (Å²) in [6, 6.07) is -0.00578. The fourth-order valence-corrected chi connectivity index (χ4v) is 2.33. The van der Waals surface area contributed by atoms with E-state index in [9.17, 15) is 4.79 Å². The zero-order valence-corrected chi connectivity index (χ0v) is 10.7. The van der Waals surface area contributed by atoms with Gasteiger partial charge in [0.2, 0.25) is 0 Å². The molecule has 0 fully saturated rings. The van der Waals surface area contributed by atoms with Gasteiger partial charge in [-0.1, -0.05) is 13.8 Å². The Morgan fingerprint density at radius 1 is 1.53 bits per heavy atom. The van der Waals surface area contributed by atoms with Crippen molar-refractivity contribution in [1.29, 1.82) is 0 Å². The van der Waals surface area contributed by atoms with Crippen LogP contribution in [0.5, 0.6) is 0 Å². The quantitative estimate of drug-likeness (QED) is 0.778. The Morgan fingerprint density at radius 3 is 2.94 bits per heavy atom. The molecule has 0 radical (unpaired) electrons. The van der Waals surface area contributed by atoms with Gasteiger partial charge in [-0.2, -0.15) is 5.10 Å². The topological polar surface area (TPSA) is 61.0 Å². The van der Waals surface area contributed by atoms with E-state index in [1.165, 1.54) is 11.3 Å². The van der Waals surface area contributed by atoms with E-state index < -0.39 is 0 Å². The van der Waals surface area contributed by atoms with Crippen LogP contribution in [0, 0.1) is 0 Å². The van der Waals surface area contributed by atoms with Gasteiger partial charge in [-0.25, -0.2) is 4.79 Å². The molecule has 1 aromatic heterocycles. The summed E-state index contributed by atoms with van der Waals surface area (Å²) in [5.41, 5.74) is 3.50. The molecule has 1 aliphatic heterocycles. The maximum absolute atomic E-state index is 11.7. The molecule has 0 atom stereocenters. The second-order valence-corrected chi connectivity index (χ2v) is 4.80. The molecule has 0 saturated heterocycles. The summed E-state index contributed by atoms with van der Waals surface area (Å²) < 4.78 is 0. The van der Waals surface area contributed by atoms with Gasteiger partial charge < -0.3 is 10.2 Å². The van der Waals surface area contributed by atoms with Gasteiger partial charge in [-0.15, -0.1) is 0 Å². The molecule has 2 heterocycles. The van der Waals surface area contributed by atoms with Gasteiger partial charge in [0.1, 0.15) is 0 Å². The number of aryl methyl sites for hydroxylation is 1. The van der Waals surface area contributed by atoms with E-state index in [1.807, 2.05) is 4.90 Å². The van der Waals surface area contributed by atoms with Crippen LogP contribution in [0.3, 0.4) is 0 Å². The maximum Gasteiger partial charge on any atom is 0.317 e. The van der Waals surface area contributed by atoms with Gasteiger partial charge in [0.05, 0.1) is 12.2 Å². The van der Waals surface area contributed by atoms with Gasteiger partial charge in [0.25, 0.3) is 0 Å².